The van der Waals surface area contributed by atoms with Crippen LogP contribution >= 0.6 is 0 Å². The number of rotatable bonds is 9. The van der Waals surface area contributed by atoms with E-state index in [-0.39, 0.29) is 24.4 Å². The number of hydrogen-bond donors (Lipinski definition) is 3. The molecule has 4 aliphatic heterocycles. The smallest absolute Gasteiger partial charge is 0.316 e. The van der Waals surface area contributed by atoms with E-state index < -0.39 is 15.9 Å². The number of epoxide rings is 1. The molecule has 4 aliphatic rings. The van der Waals surface area contributed by atoms with Crippen molar-refractivity contribution in [2.24, 2.45) is 0 Å². The molecular formula is C34H46N4O6S. The van der Waals surface area contributed by atoms with Gasteiger partial charge in [0.15, 0.2) is 0 Å². The Labute approximate surface area is 266 Å². The number of nitrogens with one attached hydrogen (secondary N) is 2. The summed E-state index contributed by atoms with van der Waals surface area (Å²) in [7, 11) is 2.60. The molecule has 45 heavy (non-hydrogen) atoms. The van der Waals surface area contributed by atoms with E-state index in [0.29, 0.717) is 36.6 Å². The molecule has 0 aliphatic carbocycles. The number of hydrogen-bond acceptors (Lipinski definition) is 8. The van der Waals surface area contributed by atoms with E-state index in [0.717, 1.165) is 42.6 Å². The standard InChI is InChI=1S/C17H25N3O2S.C17H21NO4/c1-18-23(21,22)10-7-13-3-4-17-15(11-13)16(12-19-17)14-5-8-20(2)9-6-14;1-18-13-7-11(8-14(18)16-15(13)22-16)21-17(20)12(9-19)10-5-3-2-4-6-10/h3-4,11-12,14,18-19H,5-10H2,1-2H3;2-6,11-16,19H,7-9H2,1H3/t;11-,12-,13-,14+,15-,16+/m.1/s1. The molecule has 3 N–H and O–H groups in total. The van der Waals surface area contributed by atoms with Crippen LogP contribution < -0.4 is 4.72 Å². The number of benzene rings is 2. The van der Waals surface area contributed by atoms with Gasteiger partial charge < -0.3 is 24.5 Å². The first-order valence-corrected chi connectivity index (χ1v) is 17.8. The second kappa shape index (κ2) is 13.5. The van der Waals surface area contributed by atoms with Crippen LogP contribution in [-0.2, 0) is 30.7 Å². The quantitative estimate of drug-likeness (QED) is 0.241. The van der Waals surface area contributed by atoms with Crippen molar-refractivity contribution in [2.45, 2.75) is 74.3 Å². The number of carbonyl (C=O) groups is 1. The summed E-state index contributed by atoms with van der Waals surface area (Å²) in [6.45, 7) is 2.05. The molecule has 3 aromatic rings. The summed E-state index contributed by atoms with van der Waals surface area (Å²) in [5, 5.41) is 10.8. The van der Waals surface area contributed by atoms with E-state index in [1.807, 2.05) is 36.4 Å². The highest BCUT2D eigenvalue weighted by atomic mass is 32.2. The van der Waals surface area contributed by atoms with Crippen molar-refractivity contribution < 1.29 is 27.8 Å². The van der Waals surface area contributed by atoms with Gasteiger partial charge in [-0.2, -0.15) is 0 Å². The number of esters is 1. The molecule has 0 spiro atoms. The van der Waals surface area contributed by atoms with Crippen LogP contribution in [0.2, 0.25) is 0 Å². The van der Waals surface area contributed by atoms with Crippen molar-refractivity contribution in [2.75, 3.05) is 46.6 Å². The third-order valence-electron chi connectivity index (χ3n) is 10.2. The predicted octanol–water partition coefficient (Wildman–Crippen LogP) is 2.99. The van der Waals surface area contributed by atoms with Crippen molar-refractivity contribution >= 4 is 26.9 Å². The van der Waals surface area contributed by atoms with Crippen LogP contribution in [0.1, 0.15) is 54.2 Å². The van der Waals surface area contributed by atoms with Crippen LogP contribution in [-0.4, -0.2) is 111 Å². The maximum absolute atomic E-state index is 12.4. The van der Waals surface area contributed by atoms with E-state index in [1.165, 1.54) is 30.8 Å². The lowest BCUT2D eigenvalue weighted by atomic mass is 9.89. The molecule has 0 amide bonds. The lowest BCUT2D eigenvalue weighted by molar-refractivity contribution is -0.156. The summed E-state index contributed by atoms with van der Waals surface area (Å²) >= 11 is 0. The Morgan fingerprint density at radius 3 is 2.42 bits per heavy atom. The fourth-order valence-electron chi connectivity index (χ4n) is 7.40. The molecule has 11 heteroatoms. The third-order valence-corrected chi connectivity index (χ3v) is 11.6. The number of aliphatic hydroxyl groups excluding tert-OH is 1. The summed E-state index contributed by atoms with van der Waals surface area (Å²) in [4.78, 5) is 20.5. The molecule has 0 radical (unpaired) electrons. The SMILES string of the molecule is CN1[C@@H]2C[C@@H](OC(=O)[C@H](CO)c3ccccc3)C[C@H]1[C@@H]1O[C@@H]12.CNS(=O)(=O)CCc1ccc2[nH]cc(C3CCN(C)CC3)c2c1. The van der Waals surface area contributed by atoms with Crippen molar-refractivity contribution in [1.29, 1.82) is 0 Å². The summed E-state index contributed by atoms with van der Waals surface area (Å²) < 4.78 is 37.0. The van der Waals surface area contributed by atoms with Gasteiger partial charge in [-0.05, 0) is 88.2 Å². The first kappa shape index (κ1) is 32.2. The number of morpholine rings is 1. The zero-order chi connectivity index (χ0) is 31.7. The van der Waals surface area contributed by atoms with Gasteiger partial charge in [0.2, 0.25) is 10.0 Å². The van der Waals surface area contributed by atoms with Gasteiger partial charge in [-0.3, -0.25) is 9.69 Å². The number of ether oxygens (including phenoxy) is 2. The van der Waals surface area contributed by atoms with Gasteiger partial charge in [0.25, 0.3) is 0 Å². The Kier molecular flexibility index (Phi) is 9.65. The number of likely N-dealkylation sites (N-methyl/N-ethyl adjacent to an activating group) is 1. The lowest BCUT2D eigenvalue weighted by Gasteiger charge is -2.38. The third kappa shape index (κ3) is 7.13. The van der Waals surface area contributed by atoms with Crippen LogP contribution in [0.3, 0.4) is 0 Å². The molecule has 2 aromatic carbocycles. The zero-order valence-corrected chi connectivity index (χ0v) is 27.2. The second-order valence-corrected chi connectivity index (χ2v) is 15.1. The minimum Gasteiger partial charge on any atom is -0.462 e. The van der Waals surface area contributed by atoms with Gasteiger partial charge >= 0.3 is 5.97 Å². The number of sulfonamides is 1. The minimum atomic E-state index is -3.16. The topological polar surface area (TPSA) is 127 Å². The fraction of sp³-hybridized carbons (Fsp3) is 0.559. The van der Waals surface area contributed by atoms with E-state index in [1.54, 1.807) is 0 Å². The van der Waals surface area contributed by atoms with E-state index >= 15 is 0 Å². The fourth-order valence-corrected chi connectivity index (χ4v) is 8.11. The maximum atomic E-state index is 12.4. The average molecular weight is 639 g/mol. The van der Waals surface area contributed by atoms with Crippen LogP contribution in [0, 0.1) is 0 Å². The number of piperidine rings is 2. The second-order valence-electron chi connectivity index (χ2n) is 13.0. The average Bonchev–Trinajstić information content (AvgIpc) is 3.69. The van der Waals surface area contributed by atoms with Crippen LogP contribution in [0.15, 0.2) is 54.7 Å². The number of aromatic amines is 1. The van der Waals surface area contributed by atoms with Gasteiger partial charge in [-0.1, -0.05) is 36.4 Å². The molecule has 0 unspecified atom stereocenters. The molecule has 244 valence electrons. The Hall–Kier alpha value is -2.80. The summed E-state index contributed by atoms with van der Waals surface area (Å²) in [5.74, 6) is -0.194. The number of aryl methyl sites for hydroxylation is 1. The number of H-pyrrole nitrogens is 1. The van der Waals surface area contributed by atoms with Crippen LogP contribution in [0.25, 0.3) is 10.9 Å². The molecule has 6 atom stereocenters. The first-order valence-electron chi connectivity index (χ1n) is 16.1. The van der Waals surface area contributed by atoms with E-state index in [4.69, 9.17) is 9.47 Å². The molecule has 10 nitrogen and oxygen atoms in total. The molecule has 4 fully saturated rings. The first-order chi connectivity index (χ1) is 21.7. The van der Waals surface area contributed by atoms with Crippen molar-refractivity contribution in [3.63, 3.8) is 0 Å². The Balaban J connectivity index is 0.000000159. The number of likely N-dealkylation sites (tertiary alicyclic amines) is 1. The van der Waals surface area contributed by atoms with Gasteiger partial charge in [0, 0.05) is 42.0 Å². The minimum absolute atomic E-state index is 0.0622. The van der Waals surface area contributed by atoms with Gasteiger partial charge in [0.1, 0.15) is 24.2 Å². The van der Waals surface area contributed by atoms with Crippen molar-refractivity contribution in [1.82, 2.24) is 19.5 Å². The van der Waals surface area contributed by atoms with Gasteiger partial charge in [-0.15, -0.1) is 0 Å². The molecule has 1 aromatic heterocycles. The number of nitrogens with zero attached hydrogens (tertiary/aromatic N) is 2. The number of fused-ring (bicyclic) bond motifs is 6. The number of aliphatic hydroxyl groups is 1. The summed E-state index contributed by atoms with van der Waals surface area (Å²) in [6, 6.07) is 16.3. The van der Waals surface area contributed by atoms with Gasteiger partial charge in [-0.25, -0.2) is 13.1 Å². The largest absolute Gasteiger partial charge is 0.462 e. The predicted molar refractivity (Wildman–Crippen MR) is 174 cm³/mol. The Morgan fingerprint density at radius 2 is 1.78 bits per heavy atom. The summed E-state index contributed by atoms with van der Waals surface area (Å²) in [5.41, 5.74) is 4.40. The van der Waals surface area contributed by atoms with Crippen LogP contribution in [0.5, 0.6) is 0 Å². The number of aromatic nitrogens is 1. The van der Waals surface area contributed by atoms with Crippen molar-refractivity contribution in [3.05, 3.63) is 71.4 Å². The highest BCUT2D eigenvalue weighted by molar-refractivity contribution is 7.89. The Morgan fingerprint density at radius 1 is 1.09 bits per heavy atom. The summed E-state index contributed by atoms with van der Waals surface area (Å²) in [6.07, 6.45) is 7.30. The normalized spacial score (nSPS) is 27.4. The lowest BCUT2D eigenvalue weighted by Crippen LogP contribution is -2.48. The van der Waals surface area contributed by atoms with Crippen LogP contribution in [0.4, 0.5) is 0 Å². The number of carbonyl (C=O) groups excluding carboxylic acids is 1. The Bertz CT molecular complexity index is 1550. The zero-order valence-electron chi connectivity index (χ0n) is 26.4. The molecular weight excluding hydrogens is 592 g/mol. The molecule has 4 saturated heterocycles. The highest BCUT2D eigenvalue weighted by Gasteiger charge is 2.62. The molecule has 5 heterocycles. The monoisotopic (exact) mass is 638 g/mol. The van der Waals surface area contributed by atoms with E-state index in [2.05, 4.69) is 51.9 Å². The maximum Gasteiger partial charge on any atom is 0.316 e. The molecule has 2 bridgehead atoms. The van der Waals surface area contributed by atoms with Crippen molar-refractivity contribution in [3.8, 4) is 0 Å². The van der Waals surface area contributed by atoms with E-state index in [9.17, 15) is 18.3 Å². The highest BCUT2D eigenvalue weighted by Crippen LogP contribution is 2.48. The molecule has 0 saturated carbocycles. The van der Waals surface area contributed by atoms with Gasteiger partial charge in [0.05, 0.1) is 12.4 Å². The molecule has 7 rings (SSSR count).